The van der Waals surface area contributed by atoms with Gasteiger partial charge in [0.15, 0.2) is 5.60 Å². The lowest BCUT2D eigenvalue weighted by Gasteiger charge is -2.35. The summed E-state index contributed by atoms with van der Waals surface area (Å²) in [5.41, 5.74) is 5.17. The highest BCUT2D eigenvalue weighted by Crippen LogP contribution is 2.52. The first-order valence-electron chi connectivity index (χ1n) is 9.99. The lowest BCUT2D eigenvalue weighted by Crippen LogP contribution is -2.32. The van der Waals surface area contributed by atoms with Crippen LogP contribution in [0.2, 0.25) is 0 Å². The van der Waals surface area contributed by atoms with E-state index in [-0.39, 0.29) is 5.97 Å². The fourth-order valence-corrected chi connectivity index (χ4v) is 4.24. The summed E-state index contributed by atoms with van der Waals surface area (Å²) in [5, 5.41) is 3.28. The summed E-state index contributed by atoms with van der Waals surface area (Å²) in [4.78, 5) is 17.2. The SMILES string of the molecule is CNc1ccccc1C1(c2ccccc2N(C)C)OC(=O)c2ccc(N(C)C)cc21. The minimum atomic E-state index is -1.06. The molecule has 30 heavy (non-hydrogen) atoms. The van der Waals surface area contributed by atoms with Gasteiger partial charge in [0.25, 0.3) is 0 Å². The molecule has 1 unspecified atom stereocenters. The molecule has 1 aliphatic rings. The van der Waals surface area contributed by atoms with Crippen LogP contribution in [-0.2, 0) is 10.3 Å². The predicted octanol–water partition coefficient (Wildman–Crippen LogP) is 4.32. The number of rotatable bonds is 5. The number of hydrogen-bond acceptors (Lipinski definition) is 5. The molecule has 1 aliphatic heterocycles. The molecular weight excluding hydrogens is 374 g/mol. The molecule has 1 atom stereocenters. The van der Waals surface area contributed by atoms with Crippen molar-refractivity contribution in [2.75, 3.05) is 50.4 Å². The van der Waals surface area contributed by atoms with Gasteiger partial charge in [-0.1, -0.05) is 36.4 Å². The van der Waals surface area contributed by atoms with Crippen molar-refractivity contribution in [3.63, 3.8) is 0 Å². The third kappa shape index (κ3) is 2.89. The zero-order valence-corrected chi connectivity index (χ0v) is 18.1. The second kappa shape index (κ2) is 7.41. The molecule has 1 heterocycles. The summed E-state index contributed by atoms with van der Waals surface area (Å²) in [6, 6.07) is 22.0. The Balaban J connectivity index is 2.14. The number of carbonyl (C=O) groups is 1. The zero-order valence-electron chi connectivity index (χ0n) is 18.1. The second-order valence-corrected chi connectivity index (χ2v) is 7.90. The molecule has 5 nitrogen and oxygen atoms in total. The van der Waals surface area contributed by atoms with Gasteiger partial charge in [0.05, 0.1) is 5.56 Å². The van der Waals surface area contributed by atoms with Gasteiger partial charge in [0, 0.05) is 69.0 Å². The Hall–Kier alpha value is -3.47. The topological polar surface area (TPSA) is 44.8 Å². The average molecular weight is 402 g/mol. The summed E-state index contributed by atoms with van der Waals surface area (Å²) in [5.74, 6) is -0.310. The molecular formula is C25H27N3O2. The molecule has 0 bridgehead atoms. The van der Waals surface area contributed by atoms with Crippen LogP contribution in [0.4, 0.5) is 17.1 Å². The van der Waals surface area contributed by atoms with Crippen LogP contribution in [0.3, 0.4) is 0 Å². The highest BCUT2D eigenvalue weighted by Gasteiger charge is 2.51. The number of para-hydroxylation sites is 2. The maximum Gasteiger partial charge on any atom is 0.340 e. The molecule has 4 rings (SSSR count). The van der Waals surface area contributed by atoms with E-state index in [4.69, 9.17) is 4.74 Å². The molecule has 0 spiro atoms. The highest BCUT2D eigenvalue weighted by atomic mass is 16.6. The molecule has 1 N–H and O–H groups in total. The van der Waals surface area contributed by atoms with Crippen molar-refractivity contribution >= 4 is 23.0 Å². The van der Waals surface area contributed by atoms with Gasteiger partial charge in [-0.15, -0.1) is 0 Å². The number of hydrogen-bond donors (Lipinski definition) is 1. The maximum absolute atomic E-state index is 13.1. The van der Waals surface area contributed by atoms with E-state index in [1.165, 1.54) is 0 Å². The Morgan fingerprint density at radius 2 is 1.47 bits per heavy atom. The molecule has 154 valence electrons. The largest absolute Gasteiger partial charge is 0.440 e. The Labute approximate surface area is 177 Å². The van der Waals surface area contributed by atoms with Crippen molar-refractivity contribution in [3.8, 4) is 0 Å². The molecule has 0 aliphatic carbocycles. The molecule has 0 radical (unpaired) electrons. The van der Waals surface area contributed by atoms with Crippen molar-refractivity contribution in [1.82, 2.24) is 0 Å². The van der Waals surface area contributed by atoms with E-state index in [1.807, 2.05) is 94.7 Å². The summed E-state index contributed by atoms with van der Waals surface area (Å²) < 4.78 is 6.34. The van der Waals surface area contributed by atoms with E-state index in [0.717, 1.165) is 33.8 Å². The van der Waals surface area contributed by atoms with Crippen LogP contribution in [0.25, 0.3) is 0 Å². The fraction of sp³-hybridized carbons (Fsp3) is 0.240. The number of nitrogens with one attached hydrogen (secondary N) is 1. The first-order chi connectivity index (χ1) is 14.4. The van der Waals surface area contributed by atoms with Crippen molar-refractivity contribution in [2.24, 2.45) is 0 Å². The van der Waals surface area contributed by atoms with E-state index in [2.05, 4.69) is 22.3 Å². The van der Waals surface area contributed by atoms with Crippen molar-refractivity contribution < 1.29 is 9.53 Å². The minimum absolute atomic E-state index is 0.310. The summed E-state index contributed by atoms with van der Waals surface area (Å²) in [7, 11) is 9.89. The molecule has 0 saturated heterocycles. The number of nitrogens with zero attached hydrogens (tertiary/aromatic N) is 2. The monoisotopic (exact) mass is 401 g/mol. The first kappa shape index (κ1) is 19.8. The minimum Gasteiger partial charge on any atom is -0.440 e. The predicted molar refractivity (Wildman–Crippen MR) is 123 cm³/mol. The van der Waals surface area contributed by atoms with Crippen LogP contribution < -0.4 is 15.1 Å². The van der Waals surface area contributed by atoms with Crippen LogP contribution in [0.15, 0.2) is 66.7 Å². The second-order valence-electron chi connectivity index (χ2n) is 7.90. The summed E-state index contributed by atoms with van der Waals surface area (Å²) in [6.07, 6.45) is 0. The van der Waals surface area contributed by atoms with Crippen LogP contribution in [0.5, 0.6) is 0 Å². The third-order valence-electron chi connectivity index (χ3n) is 5.71. The normalized spacial score (nSPS) is 17.3. The van der Waals surface area contributed by atoms with Crippen molar-refractivity contribution in [3.05, 3.63) is 89.0 Å². The maximum atomic E-state index is 13.1. The van der Waals surface area contributed by atoms with Crippen LogP contribution in [0.1, 0.15) is 27.0 Å². The van der Waals surface area contributed by atoms with E-state index < -0.39 is 5.60 Å². The number of benzene rings is 3. The zero-order chi connectivity index (χ0) is 21.5. The number of anilines is 3. The van der Waals surface area contributed by atoms with Gasteiger partial charge in [-0.25, -0.2) is 4.79 Å². The smallest absolute Gasteiger partial charge is 0.340 e. The Morgan fingerprint density at radius 1 is 0.800 bits per heavy atom. The Kier molecular flexibility index (Phi) is 4.90. The van der Waals surface area contributed by atoms with E-state index >= 15 is 0 Å². The van der Waals surface area contributed by atoms with Crippen molar-refractivity contribution in [2.45, 2.75) is 5.60 Å². The number of carbonyl (C=O) groups excluding carboxylic acids is 1. The molecule has 0 fully saturated rings. The molecule has 3 aromatic carbocycles. The lowest BCUT2D eigenvalue weighted by atomic mass is 9.78. The number of cyclic esters (lactones) is 1. The molecule has 5 heteroatoms. The standard InChI is InChI=1S/C25H27N3O2/c1-26-22-12-8-6-10-19(22)25(20-11-7-9-13-23(20)28(4)5)21-16-17(27(2)3)14-15-18(21)24(29)30-25/h6-16,26H,1-5H3. The fourth-order valence-electron chi connectivity index (χ4n) is 4.24. The molecule has 0 amide bonds. The van der Waals surface area contributed by atoms with Gasteiger partial charge in [0.2, 0.25) is 0 Å². The number of fused-ring (bicyclic) bond motifs is 1. The quantitative estimate of drug-likeness (QED) is 0.645. The molecule has 0 saturated carbocycles. The van der Waals surface area contributed by atoms with Gasteiger partial charge in [-0.3, -0.25) is 0 Å². The van der Waals surface area contributed by atoms with Gasteiger partial charge in [-0.05, 0) is 30.3 Å². The van der Waals surface area contributed by atoms with Crippen LogP contribution in [0, 0.1) is 0 Å². The van der Waals surface area contributed by atoms with Gasteiger partial charge in [-0.2, -0.15) is 0 Å². The van der Waals surface area contributed by atoms with E-state index in [1.54, 1.807) is 0 Å². The first-order valence-corrected chi connectivity index (χ1v) is 9.99. The molecule has 0 aromatic heterocycles. The van der Waals surface area contributed by atoms with Gasteiger partial charge < -0.3 is 19.9 Å². The molecule has 3 aromatic rings. The average Bonchev–Trinajstić information content (AvgIpc) is 3.06. The number of esters is 1. The van der Waals surface area contributed by atoms with Crippen molar-refractivity contribution in [1.29, 1.82) is 0 Å². The number of ether oxygens (including phenoxy) is 1. The lowest BCUT2D eigenvalue weighted by molar-refractivity contribution is 0.0255. The highest BCUT2D eigenvalue weighted by molar-refractivity contribution is 5.98. The summed E-state index contributed by atoms with van der Waals surface area (Å²) in [6.45, 7) is 0. The van der Waals surface area contributed by atoms with E-state index in [0.29, 0.717) is 5.56 Å². The van der Waals surface area contributed by atoms with Crippen LogP contribution >= 0.6 is 0 Å². The van der Waals surface area contributed by atoms with Gasteiger partial charge in [0.1, 0.15) is 0 Å². The third-order valence-corrected chi connectivity index (χ3v) is 5.71. The van der Waals surface area contributed by atoms with Crippen LogP contribution in [-0.4, -0.2) is 41.2 Å². The summed E-state index contributed by atoms with van der Waals surface area (Å²) >= 11 is 0. The van der Waals surface area contributed by atoms with E-state index in [9.17, 15) is 4.79 Å². The Morgan fingerprint density at radius 3 is 2.13 bits per heavy atom. The Bertz CT molecular complexity index is 1110. The van der Waals surface area contributed by atoms with Gasteiger partial charge >= 0.3 is 5.97 Å².